The zero-order chi connectivity index (χ0) is 8.55. The number of rotatable bonds is 0. The maximum Gasteiger partial charge on any atom is 0.117 e. The molecule has 58 valence electrons. The molecule has 2 aromatic rings. The highest BCUT2D eigenvalue weighted by Crippen LogP contribution is 2.16. The van der Waals surface area contributed by atoms with E-state index in [4.69, 9.17) is 5.26 Å². The molecule has 0 fully saturated rings. The zero-order valence-corrected chi connectivity index (χ0v) is 6.50. The number of fused-ring (bicyclic) bond motifs is 1. The number of nitrogens with one attached hydrogen (secondary N) is 1. The highest BCUT2D eigenvalue weighted by atomic mass is 15.3. The van der Waals surface area contributed by atoms with Gasteiger partial charge in [0.25, 0.3) is 0 Å². The molecule has 12 heavy (non-hydrogen) atoms. The SMILES string of the molecule is Cc1c(C#N)ccc2n[nH]nc12. The van der Waals surface area contributed by atoms with Crippen LogP contribution in [0.4, 0.5) is 0 Å². The fourth-order valence-corrected chi connectivity index (χ4v) is 1.17. The van der Waals surface area contributed by atoms with Crippen molar-refractivity contribution < 1.29 is 0 Å². The van der Waals surface area contributed by atoms with Crippen LogP contribution in [0.25, 0.3) is 11.0 Å². The molecule has 0 saturated carbocycles. The summed E-state index contributed by atoms with van der Waals surface area (Å²) in [6.45, 7) is 1.86. The molecule has 0 aliphatic carbocycles. The molecule has 0 spiro atoms. The van der Waals surface area contributed by atoms with Crippen molar-refractivity contribution in [3.8, 4) is 6.07 Å². The summed E-state index contributed by atoms with van der Waals surface area (Å²) in [5.74, 6) is 0. The fraction of sp³-hybridized carbons (Fsp3) is 0.125. The van der Waals surface area contributed by atoms with Crippen LogP contribution in [0, 0.1) is 18.3 Å². The van der Waals surface area contributed by atoms with Crippen LogP contribution in [0.15, 0.2) is 12.1 Å². The molecular formula is C8H6N4. The Labute approximate surface area is 68.8 Å². The van der Waals surface area contributed by atoms with Gasteiger partial charge in [-0.25, -0.2) is 0 Å². The summed E-state index contributed by atoms with van der Waals surface area (Å²) >= 11 is 0. The summed E-state index contributed by atoms with van der Waals surface area (Å²) in [5, 5.41) is 19.1. The lowest BCUT2D eigenvalue weighted by Gasteiger charge is -1.94. The van der Waals surface area contributed by atoms with E-state index in [0.29, 0.717) is 5.56 Å². The molecule has 4 nitrogen and oxygen atoms in total. The molecule has 0 atom stereocenters. The largest absolute Gasteiger partial charge is 0.197 e. The quantitative estimate of drug-likeness (QED) is 0.625. The van der Waals surface area contributed by atoms with Gasteiger partial charge in [0.1, 0.15) is 11.0 Å². The number of H-pyrrole nitrogens is 1. The third-order valence-electron chi connectivity index (χ3n) is 1.86. The van der Waals surface area contributed by atoms with Crippen molar-refractivity contribution in [2.75, 3.05) is 0 Å². The Morgan fingerprint density at radius 2 is 2.25 bits per heavy atom. The first kappa shape index (κ1) is 6.80. The molecule has 1 heterocycles. The van der Waals surface area contributed by atoms with Crippen molar-refractivity contribution >= 4 is 11.0 Å². The van der Waals surface area contributed by atoms with Gasteiger partial charge in [-0.2, -0.15) is 20.7 Å². The minimum absolute atomic E-state index is 0.649. The topological polar surface area (TPSA) is 65.4 Å². The maximum atomic E-state index is 8.71. The van der Waals surface area contributed by atoms with Gasteiger partial charge < -0.3 is 0 Å². The highest BCUT2D eigenvalue weighted by Gasteiger charge is 2.04. The van der Waals surface area contributed by atoms with Gasteiger partial charge in [-0.1, -0.05) is 0 Å². The molecular weight excluding hydrogens is 152 g/mol. The summed E-state index contributed by atoms with van der Waals surface area (Å²) < 4.78 is 0. The van der Waals surface area contributed by atoms with E-state index >= 15 is 0 Å². The standard InChI is InChI=1S/C8H6N4/c1-5-6(4-9)2-3-7-8(5)11-12-10-7/h2-3H,1H3,(H,10,11,12). The van der Waals surface area contributed by atoms with Crippen LogP contribution in [-0.2, 0) is 0 Å². The summed E-state index contributed by atoms with van der Waals surface area (Å²) in [7, 11) is 0. The second kappa shape index (κ2) is 2.31. The van der Waals surface area contributed by atoms with Gasteiger partial charge in [-0.15, -0.1) is 0 Å². The Morgan fingerprint density at radius 3 is 3.00 bits per heavy atom. The Morgan fingerprint density at radius 1 is 1.42 bits per heavy atom. The number of aromatic nitrogens is 3. The molecule has 0 radical (unpaired) electrons. The van der Waals surface area contributed by atoms with Gasteiger partial charge in [-0.05, 0) is 24.6 Å². The Kier molecular flexibility index (Phi) is 1.31. The molecule has 0 aliphatic rings. The number of nitriles is 1. The van der Waals surface area contributed by atoms with E-state index in [0.717, 1.165) is 16.6 Å². The summed E-state index contributed by atoms with van der Waals surface area (Å²) in [5.41, 5.74) is 3.10. The Balaban J connectivity index is 2.89. The van der Waals surface area contributed by atoms with Gasteiger partial charge in [-0.3, -0.25) is 0 Å². The summed E-state index contributed by atoms with van der Waals surface area (Å²) in [6, 6.07) is 5.63. The van der Waals surface area contributed by atoms with Crippen molar-refractivity contribution in [2.24, 2.45) is 0 Å². The lowest BCUT2D eigenvalue weighted by atomic mass is 10.1. The summed E-state index contributed by atoms with van der Waals surface area (Å²) in [6.07, 6.45) is 0. The Bertz CT molecular complexity index is 463. The van der Waals surface area contributed by atoms with Gasteiger partial charge in [0.05, 0.1) is 11.6 Å². The number of nitrogens with zero attached hydrogens (tertiary/aromatic N) is 3. The predicted octanol–water partition coefficient (Wildman–Crippen LogP) is 1.14. The van der Waals surface area contributed by atoms with Gasteiger partial charge in [0.15, 0.2) is 0 Å². The number of aromatic amines is 1. The zero-order valence-electron chi connectivity index (χ0n) is 6.50. The molecule has 1 aromatic heterocycles. The molecule has 0 aliphatic heterocycles. The number of aryl methyl sites for hydroxylation is 1. The average molecular weight is 158 g/mol. The number of hydrogen-bond acceptors (Lipinski definition) is 3. The number of benzene rings is 1. The van der Waals surface area contributed by atoms with E-state index in [1.54, 1.807) is 12.1 Å². The van der Waals surface area contributed by atoms with Crippen molar-refractivity contribution in [3.63, 3.8) is 0 Å². The van der Waals surface area contributed by atoms with Crippen LogP contribution in [-0.4, -0.2) is 15.4 Å². The van der Waals surface area contributed by atoms with E-state index in [-0.39, 0.29) is 0 Å². The first-order valence-electron chi connectivity index (χ1n) is 3.53. The van der Waals surface area contributed by atoms with E-state index in [1.807, 2.05) is 6.92 Å². The van der Waals surface area contributed by atoms with E-state index in [9.17, 15) is 0 Å². The minimum atomic E-state index is 0.649. The molecule has 0 amide bonds. The lowest BCUT2D eigenvalue weighted by molar-refractivity contribution is 0.958. The van der Waals surface area contributed by atoms with Crippen molar-refractivity contribution in [3.05, 3.63) is 23.3 Å². The van der Waals surface area contributed by atoms with E-state index < -0.39 is 0 Å². The third kappa shape index (κ3) is 0.768. The monoisotopic (exact) mass is 158 g/mol. The molecule has 0 unspecified atom stereocenters. The summed E-state index contributed by atoms with van der Waals surface area (Å²) in [4.78, 5) is 0. The molecule has 0 bridgehead atoms. The highest BCUT2D eigenvalue weighted by molar-refractivity contribution is 5.79. The second-order valence-corrected chi connectivity index (χ2v) is 2.54. The first-order chi connectivity index (χ1) is 5.83. The van der Waals surface area contributed by atoms with Crippen molar-refractivity contribution in [1.29, 1.82) is 5.26 Å². The van der Waals surface area contributed by atoms with Crippen LogP contribution < -0.4 is 0 Å². The molecule has 1 aromatic carbocycles. The van der Waals surface area contributed by atoms with Crippen LogP contribution in [0.1, 0.15) is 11.1 Å². The molecule has 4 heteroatoms. The van der Waals surface area contributed by atoms with Crippen molar-refractivity contribution in [2.45, 2.75) is 6.92 Å². The van der Waals surface area contributed by atoms with Gasteiger partial charge >= 0.3 is 0 Å². The minimum Gasteiger partial charge on any atom is -0.197 e. The number of hydrogen-bond donors (Lipinski definition) is 1. The van der Waals surface area contributed by atoms with Crippen molar-refractivity contribution in [1.82, 2.24) is 15.4 Å². The van der Waals surface area contributed by atoms with E-state index in [2.05, 4.69) is 21.5 Å². The predicted molar refractivity (Wildman–Crippen MR) is 43.3 cm³/mol. The molecule has 1 N–H and O–H groups in total. The van der Waals surface area contributed by atoms with Crippen LogP contribution >= 0.6 is 0 Å². The first-order valence-corrected chi connectivity index (χ1v) is 3.53. The van der Waals surface area contributed by atoms with E-state index in [1.165, 1.54) is 0 Å². The van der Waals surface area contributed by atoms with Crippen LogP contribution in [0.3, 0.4) is 0 Å². The molecule has 0 saturated heterocycles. The smallest absolute Gasteiger partial charge is 0.117 e. The van der Waals surface area contributed by atoms with Gasteiger partial charge in [0, 0.05) is 0 Å². The normalized spacial score (nSPS) is 10.0. The van der Waals surface area contributed by atoms with Crippen LogP contribution in [0.5, 0.6) is 0 Å². The second-order valence-electron chi connectivity index (χ2n) is 2.54. The average Bonchev–Trinajstić information content (AvgIpc) is 2.53. The maximum absolute atomic E-state index is 8.71. The molecule has 2 rings (SSSR count). The van der Waals surface area contributed by atoms with Crippen LogP contribution in [0.2, 0.25) is 0 Å². The Hall–Kier alpha value is -1.89. The van der Waals surface area contributed by atoms with Gasteiger partial charge in [0.2, 0.25) is 0 Å². The lowest BCUT2D eigenvalue weighted by Crippen LogP contribution is -1.83. The third-order valence-corrected chi connectivity index (χ3v) is 1.86. The fourth-order valence-electron chi connectivity index (χ4n) is 1.17.